The Hall–Kier alpha value is -2.50. The molecule has 0 radical (unpaired) electrons. The van der Waals surface area contributed by atoms with Crippen molar-refractivity contribution in [3.63, 3.8) is 0 Å². The van der Waals surface area contributed by atoms with Crippen molar-refractivity contribution in [2.24, 2.45) is 0 Å². The van der Waals surface area contributed by atoms with E-state index in [1.54, 1.807) is 23.1 Å². The molecule has 1 aliphatic heterocycles. The third-order valence-corrected chi connectivity index (χ3v) is 4.74. The molecule has 0 spiro atoms. The van der Waals surface area contributed by atoms with Gasteiger partial charge < -0.3 is 19.7 Å². The first-order valence-corrected chi connectivity index (χ1v) is 9.79. The maximum absolute atomic E-state index is 12.8. The Morgan fingerprint density at radius 1 is 1.32 bits per heavy atom. The first-order valence-electron chi connectivity index (χ1n) is 9.41. The fourth-order valence-electron chi connectivity index (χ4n) is 3.08. The Balaban J connectivity index is 1.65. The summed E-state index contributed by atoms with van der Waals surface area (Å²) in [5, 5.41) is 3.74. The van der Waals surface area contributed by atoms with Crippen LogP contribution in [0.15, 0.2) is 61.2 Å². The maximum atomic E-state index is 12.8. The van der Waals surface area contributed by atoms with Crippen molar-refractivity contribution >= 4 is 28.9 Å². The van der Waals surface area contributed by atoms with E-state index in [0.717, 1.165) is 25.1 Å². The Morgan fingerprint density at radius 2 is 2.14 bits per heavy atom. The van der Waals surface area contributed by atoms with Crippen molar-refractivity contribution < 1.29 is 14.3 Å². The minimum absolute atomic E-state index is 0.0730. The molecule has 2 aromatic carbocycles. The van der Waals surface area contributed by atoms with Crippen molar-refractivity contribution in [3.05, 3.63) is 66.2 Å². The second-order valence-corrected chi connectivity index (χ2v) is 7.01. The van der Waals surface area contributed by atoms with Crippen LogP contribution in [0.5, 0.6) is 5.75 Å². The van der Waals surface area contributed by atoms with E-state index in [2.05, 4.69) is 11.9 Å². The molecule has 0 bridgehead atoms. The largest absolute Gasteiger partial charge is 0.489 e. The van der Waals surface area contributed by atoms with Crippen molar-refractivity contribution in [2.75, 3.05) is 36.5 Å². The number of para-hydroxylation sites is 1. The number of nitrogens with one attached hydrogen (secondary N) is 1. The van der Waals surface area contributed by atoms with E-state index in [1.165, 1.54) is 0 Å². The monoisotopic (exact) mass is 400 g/mol. The zero-order valence-electron chi connectivity index (χ0n) is 15.8. The van der Waals surface area contributed by atoms with E-state index >= 15 is 0 Å². The van der Waals surface area contributed by atoms with Gasteiger partial charge in [-0.2, -0.15) is 0 Å². The molecular weight excluding hydrogens is 376 g/mol. The van der Waals surface area contributed by atoms with E-state index in [4.69, 9.17) is 21.1 Å². The van der Waals surface area contributed by atoms with Crippen LogP contribution in [-0.4, -0.2) is 38.3 Å². The molecule has 0 aliphatic carbocycles. The van der Waals surface area contributed by atoms with Crippen LogP contribution in [0.1, 0.15) is 12.8 Å². The van der Waals surface area contributed by atoms with Gasteiger partial charge in [-0.05, 0) is 43.2 Å². The standard InChI is InChI=1S/C22H25ClN2O3/c1-2-12-25(18-7-4-3-5-8-18)22(26)15-24-20-14-17(23)10-11-21(20)28-16-19-9-6-13-27-19/h2-5,7-8,10-11,14,19,24H,1,6,9,12-13,15-16H2. The van der Waals surface area contributed by atoms with Gasteiger partial charge in [-0.1, -0.05) is 35.9 Å². The summed E-state index contributed by atoms with van der Waals surface area (Å²) in [6.07, 6.45) is 3.89. The predicted molar refractivity (Wildman–Crippen MR) is 113 cm³/mol. The highest BCUT2D eigenvalue weighted by Gasteiger charge is 2.18. The summed E-state index contributed by atoms with van der Waals surface area (Å²) in [6.45, 7) is 5.56. The first kappa shape index (κ1) is 20.2. The molecule has 1 saturated heterocycles. The lowest BCUT2D eigenvalue weighted by molar-refractivity contribution is -0.116. The predicted octanol–water partition coefficient (Wildman–Crippen LogP) is 4.53. The van der Waals surface area contributed by atoms with Gasteiger partial charge in [0.2, 0.25) is 5.91 Å². The first-order chi connectivity index (χ1) is 13.7. The molecule has 0 saturated carbocycles. The Morgan fingerprint density at radius 3 is 2.86 bits per heavy atom. The van der Waals surface area contributed by atoms with Crippen LogP contribution < -0.4 is 15.0 Å². The van der Waals surface area contributed by atoms with Gasteiger partial charge in [0.1, 0.15) is 12.4 Å². The lowest BCUT2D eigenvalue weighted by atomic mass is 10.2. The summed E-state index contributed by atoms with van der Waals surface area (Å²) in [5.41, 5.74) is 1.51. The highest BCUT2D eigenvalue weighted by atomic mass is 35.5. The van der Waals surface area contributed by atoms with Crippen LogP contribution in [0, 0.1) is 0 Å². The lowest BCUT2D eigenvalue weighted by Gasteiger charge is -2.22. The highest BCUT2D eigenvalue weighted by Crippen LogP contribution is 2.29. The van der Waals surface area contributed by atoms with Crippen LogP contribution in [0.4, 0.5) is 11.4 Å². The zero-order chi connectivity index (χ0) is 19.8. The smallest absolute Gasteiger partial charge is 0.246 e. The molecule has 1 fully saturated rings. The topological polar surface area (TPSA) is 50.8 Å². The molecule has 6 heteroatoms. The molecule has 1 N–H and O–H groups in total. The van der Waals surface area contributed by atoms with Gasteiger partial charge in [0.25, 0.3) is 0 Å². The highest BCUT2D eigenvalue weighted by molar-refractivity contribution is 6.31. The molecule has 1 unspecified atom stereocenters. The van der Waals surface area contributed by atoms with Crippen molar-refractivity contribution in [2.45, 2.75) is 18.9 Å². The number of hydrogen-bond donors (Lipinski definition) is 1. The van der Waals surface area contributed by atoms with Gasteiger partial charge >= 0.3 is 0 Å². The van der Waals surface area contributed by atoms with E-state index in [1.807, 2.05) is 36.4 Å². The minimum Gasteiger partial charge on any atom is -0.489 e. The Bertz CT molecular complexity index is 792. The number of anilines is 2. The average Bonchev–Trinajstić information content (AvgIpc) is 3.24. The number of carbonyl (C=O) groups excluding carboxylic acids is 1. The molecule has 5 nitrogen and oxygen atoms in total. The number of nitrogens with zero attached hydrogens (tertiary/aromatic N) is 1. The summed E-state index contributed by atoms with van der Waals surface area (Å²) < 4.78 is 11.5. The Kier molecular flexibility index (Phi) is 7.34. The minimum atomic E-state index is -0.0730. The molecule has 1 heterocycles. The van der Waals surface area contributed by atoms with E-state index < -0.39 is 0 Å². The van der Waals surface area contributed by atoms with Crippen LogP contribution >= 0.6 is 11.6 Å². The van der Waals surface area contributed by atoms with E-state index in [0.29, 0.717) is 29.6 Å². The number of hydrogen-bond acceptors (Lipinski definition) is 4. The normalized spacial score (nSPS) is 15.8. The third-order valence-electron chi connectivity index (χ3n) is 4.50. The number of halogens is 1. The average molecular weight is 401 g/mol. The van der Waals surface area contributed by atoms with E-state index in [-0.39, 0.29) is 18.6 Å². The van der Waals surface area contributed by atoms with Gasteiger partial charge in [0.15, 0.2) is 0 Å². The number of amides is 1. The summed E-state index contributed by atoms with van der Waals surface area (Å²) >= 11 is 6.14. The van der Waals surface area contributed by atoms with Crippen molar-refractivity contribution in [3.8, 4) is 5.75 Å². The third kappa shape index (κ3) is 5.50. The fourth-order valence-corrected chi connectivity index (χ4v) is 3.25. The van der Waals surface area contributed by atoms with Gasteiger partial charge in [-0.15, -0.1) is 6.58 Å². The second-order valence-electron chi connectivity index (χ2n) is 6.57. The summed E-state index contributed by atoms with van der Waals surface area (Å²) in [7, 11) is 0. The number of ether oxygens (including phenoxy) is 2. The van der Waals surface area contributed by atoms with E-state index in [9.17, 15) is 4.79 Å². The molecule has 0 aromatic heterocycles. The molecule has 3 rings (SSSR count). The summed E-state index contributed by atoms with van der Waals surface area (Å²) in [5.74, 6) is 0.582. The quantitative estimate of drug-likeness (QED) is 0.628. The van der Waals surface area contributed by atoms with Crippen LogP contribution in [0.3, 0.4) is 0 Å². The molecule has 1 aliphatic rings. The van der Waals surface area contributed by atoms with Gasteiger partial charge in [-0.3, -0.25) is 4.79 Å². The molecule has 2 aromatic rings. The molecular formula is C22H25ClN2O3. The zero-order valence-corrected chi connectivity index (χ0v) is 16.5. The van der Waals surface area contributed by atoms with Crippen LogP contribution in [-0.2, 0) is 9.53 Å². The lowest BCUT2D eigenvalue weighted by Crippen LogP contribution is -2.35. The van der Waals surface area contributed by atoms with Crippen LogP contribution in [0.2, 0.25) is 5.02 Å². The van der Waals surface area contributed by atoms with Gasteiger partial charge in [0, 0.05) is 23.9 Å². The van der Waals surface area contributed by atoms with Crippen molar-refractivity contribution in [1.82, 2.24) is 0 Å². The maximum Gasteiger partial charge on any atom is 0.246 e. The fraction of sp³-hybridized carbons (Fsp3) is 0.318. The van der Waals surface area contributed by atoms with Gasteiger partial charge in [0.05, 0.1) is 18.3 Å². The second kappa shape index (κ2) is 10.2. The van der Waals surface area contributed by atoms with Crippen molar-refractivity contribution in [1.29, 1.82) is 0 Å². The number of benzene rings is 2. The molecule has 148 valence electrons. The van der Waals surface area contributed by atoms with Gasteiger partial charge in [-0.25, -0.2) is 0 Å². The molecule has 1 atom stereocenters. The number of carbonyl (C=O) groups is 1. The Labute approximate surface area is 170 Å². The SMILES string of the molecule is C=CCN(C(=O)CNc1cc(Cl)ccc1OCC1CCCO1)c1ccccc1. The number of rotatable bonds is 9. The summed E-state index contributed by atoms with van der Waals surface area (Å²) in [6, 6.07) is 14.9. The summed E-state index contributed by atoms with van der Waals surface area (Å²) in [4.78, 5) is 14.5. The molecule has 28 heavy (non-hydrogen) atoms. The molecule has 1 amide bonds. The van der Waals surface area contributed by atoms with Crippen LogP contribution in [0.25, 0.3) is 0 Å².